The van der Waals surface area contributed by atoms with Gasteiger partial charge in [0.2, 0.25) is 5.91 Å². The summed E-state index contributed by atoms with van der Waals surface area (Å²) in [6.45, 7) is 2.76. The summed E-state index contributed by atoms with van der Waals surface area (Å²) in [6, 6.07) is 8.60. The number of benzene rings is 1. The molecule has 0 saturated heterocycles. The molecule has 1 aromatic rings. The summed E-state index contributed by atoms with van der Waals surface area (Å²) in [5, 5.41) is 11.6. The summed E-state index contributed by atoms with van der Waals surface area (Å²) in [6.07, 6.45) is 0. The molecular formula is C11H13NO3. The van der Waals surface area contributed by atoms with Gasteiger partial charge in [0.05, 0.1) is 0 Å². The zero-order chi connectivity index (χ0) is 11.5. The predicted molar refractivity (Wildman–Crippen MR) is 55.2 cm³/mol. The molecule has 0 aliphatic heterocycles. The topological polar surface area (TPSA) is 66.4 Å². The zero-order valence-electron chi connectivity index (χ0n) is 8.65. The van der Waals surface area contributed by atoms with Crippen molar-refractivity contribution in [3.05, 3.63) is 35.9 Å². The van der Waals surface area contributed by atoms with Gasteiger partial charge in [0, 0.05) is 6.92 Å². The maximum Gasteiger partial charge on any atom is 0.333 e. The van der Waals surface area contributed by atoms with Crippen LogP contribution in [0.5, 0.6) is 0 Å². The van der Waals surface area contributed by atoms with E-state index in [4.69, 9.17) is 5.11 Å². The first-order valence-electron chi connectivity index (χ1n) is 4.54. The molecule has 0 radical (unpaired) electrons. The van der Waals surface area contributed by atoms with E-state index >= 15 is 0 Å². The number of aliphatic carboxylic acids is 1. The second kappa shape index (κ2) is 4.13. The normalized spacial score (nSPS) is 14.0. The lowest BCUT2D eigenvalue weighted by Gasteiger charge is -2.25. The Morgan fingerprint density at radius 1 is 1.27 bits per heavy atom. The standard InChI is InChI=1S/C11H13NO3/c1-8(13)12-11(2,10(14)15)9-6-4-3-5-7-9/h3-7H,1-2H3,(H,12,13)(H,14,15). The number of hydrogen-bond donors (Lipinski definition) is 2. The summed E-state index contributed by atoms with van der Waals surface area (Å²) in [4.78, 5) is 22.1. The van der Waals surface area contributed by atoms with Crippen molar-refractivity contribution in [2.45, 2.75) is 19.4 Å². The van der Waals surface area contributed by atoms with Gasteiger partial charge in [-0.3, -0.25) is 4.79 Å². The fourth-order valence-electron chi connectivity index (χ4n) is 1.37. The SMILES string of the molecule is CC(=O)NC(C)(C(=O)O)c1ccccc1. The van der Waals surface area contributed by atoms with Gasteiger partial charge in [-0.1, -0.05) is 30.3 Å². The van der Waals surface area contributed by atoms with Crippen molar-refractivity contribution < 1.29 is 14.7 Å². The zero-order valence-corrected chi connectivity index (χ0v) is 8.65. The largest absolute Gasteiger partial charge is 0.479 e. The number of carbonyl (C=O) groups is 2. The molecule has 0 bridgehead atoms. The second-order valence-electron chi connectivity index (χ2n) is 3.48. The van der Waals surface area contributed by atoms with Crippen LogP contribution in [-0.4, -0.2) is 17.0 Å². The van der Waals surface area contributed by atoms with Gasteiger partial charge in [-0.15, -0.1) is 0 Å². The first-order valence-corrected chi connectivity index (χ1v) is 4.54. The number of hydrogen-bond acceptors (Lipinski definition) is 2. The summed E-state index contributed by atoms with van der Waals surface area (Å²) in [7, 11) is 0. The van der Waals surface area contributed by atoms with E-state index in [0.717, 1.165) is 0 Å². The molecule has 2 N–H and O–H groups in total. The van der Waals surface area contributed by atoms with E-state index in [1.165, 1.54) is 13.8 Å². The Morgan fingerprint density at radius 3 is 2.20 bits per heavy atom. The summed E-state index contributed by atoms with van der Waals surface area (Å²) >= 11 is 0. The maximum atomic E-state index is 11.1. The van der Waals surface area contributed by atoms with Crippen molar-refractivity contribution in [1.82, 2.24) is 5.32 Å². The molecule has 0 spiro atoms. The minimum absolute atomic E-state index is 0.372. The van der Waals surface area contributed by atoms with Crippen molar-refractivity contribution in [3.8, 4) is 0 Å². The van der Waals surface area contributed by atoms with Gasteiger partial charge in [0.15, 0.2) is 5.54 Å². The number of rotatable bonds is 3. The summed E-state index contributed by atoms with van der Waals surface area (Å²) < 4.78 is 0. The van der Waals surface area contributed by atoms with Gasteiger partial charge in [-0.2, -0.15) is 0 Å². The quantitative estimate of drug-likeness (QED) is 0.780. The Morgan fingerprint density at radius 2 is 1.80 bits per heavy atom. The molecule has 1 atom stereocenters. The Bertz CT molecular complexity index is 375. The van der Waals surface area contributed by atoms with Gasteiger partial charge in [-0.25, -0.2) is 4.79 Å². The van der Waals surface area contributed by atoms with Crippen LogP contribution in [0.2, 0.25) is 0 Å². The number of carboxylic acid groups (broad SMARTS) is 1. The van der Waals surface area contributed by atoms with Crippen LogP contribution in [0.4, 0.5) is 0 Å². The third kappa shape index (κ3) is 2.34. The molecule has 1 aromatic carbocycles. The maximum absolute atomic E-state index is 11.1. The third-order valence-corrected chi connectivity index (χ3v) is 2.20. The Hall–Kier alpha value is -1.84. The Labute approximate surface area is 87.9 Å². The second-order valence-corrected chi connectivity index (χ2v) is 3.48. The molecule has 0 aliphatic carbocycles. The van der Waals surface area contributed by atoms with Crippen LogP contribution in [0.25, 0.3) is 0 Å². The highest BCUT2D eigenvalue weighted by Gasteiger charge is 2.35. The van der Waals surface area contributed by atoms with Gasteiger partial charge >= 0.3 is 5.97 Å². The van der Waals surface area contributed by atoms with Crippen LogP contribution >= 0.6 is 0 Å². The molecule has 1 amide bonds. The van der Waals surface area contributed by atoms with Crippen LogP contribution in [0.3, 0.4) is 0 Å². The van der Waals surface area contributed by atoms with Crippen molar-refractivity contribution in [3.63, 3.8) is 0 Å². The average molecular weight is 207 g/mol. The molecule has 0 aliphatic rings. The van der Waals surface area contributed by atoms with Crippen molar-refractivity contribution in [1.29, 1.82) is 0 Å². The van der Waals surface area contributed by atoms with Gasteiger partial charge < -0.3 is 10.4 Å². The van der Waals surface area contributed by atoms with E-state index in [1.807, 2.05) is 0 Å². The van der Waals surface area contributed by atoms with Crippen LogP contribution in [0.1, 0.15) is 19.4 Å². The predicted octanol–water partition coefficient (Wildman–Crippen LogP) is 1.12. The molecule has 0 heterocycles. The summed E-state index contributed by atoms with van der Waals surface area (Å²) in [5.74, 6) is -1.45. The fraction of sp³-hybridized carbons (Fsp3) is 0.273. The molecule has 80 valence electrons. The molecule has 0 fully saturated rings. The minimum Gasteiger partial charge on any atom is -0.479 e. The molecule has 0 aromatic heterocycles. The van der Waals surface area contributed by atoms with Crippen LogP contribution in [-0.2, 0) is 15.1 Å². The van der Waals surface area contributed by atoms with Crippen LogP contribution < -0.4 is 5.32 Å². The fourth-order valence-corrected chi connectivity index (χ4v) is 1.37. The first-order chi connectivity index (χ1) is 6.97. The number of amides is 1. The highest BCUT2D eigenvalue weighted by atomic mass is 16.4. The molecule has 15 heavy (non-hydrogen) atoms. The smallest absolute Gasteiger partial charge is 0.333 e. The average Bonchev–Trinajstić information content (AvgIpc) is 2.17. The van der Waals surface area contributed by atoms with Crippen LogP contribution in [0, 0.1) is 0 Å². The number of carboxylic acids is 1. The van der Waals surface area contributed by atoms with E-state index in [1.54, 1.807) is 30.3 Å². The number of nitrogens with one attached hydrogen (secondary N) is 1. The molecule has 1 rings (SSSR count). The van der Waals surface area contributed by atoms with Crippen molar-refractivity contribution in [2.24, 2.45) is 0 Å². The first kappa shape index (κ1) is 11.2. The third-order valence-electron chi connectivity index (χ3n) is 2.20. The van der Waals surface area contributed by atoms with E-state index < -0.39 is 11.5 Å². The van der Waals surface area contributed by atoms with E-state index in [-0.39, 0.29) is 5.91 Å². The lowest BCUT2D eigenvalue weighted by molar-refractivity contribution is -0.147. The highest BCUT2D eigenvalue weighted by molar-refractivity contribution is 5.86. The lowest BCUT2D eigenvalue weighted by atomic mass is 9.92. The highest BCUT2D eigenvalue weighted by Crippen LogP contribution is 2.20. The number of carbonyl (C=O) groups excluding carboxylic acids is 1. The Kier molecular flexibility index (Phi) is 3.09. The minimum atomic E-state index is -1.37. The summed E-state index contributed by atoms with van der Waals surface area (Å²) in [5.41, 5.74) is -0.819. The molecule has 0 saturated carbocycles. The molecule has 4 nitrogen and oxygen atoms in total. The van der Waals surface area contributed by atoms with E-state index in [9.17, 15) is 9.59 Å². The van der Waals surface area contributed by atoms with Crippen molar-refractivity contribution >= 4 is 11.9 Å². The van der Waals surface area contributed by atoms with Crippen LogP contribution in [0.15, 0.2) is 30.3 Å². The van der Waals surface area contributed by atoms with Gasteiger partial charge in [-0.05, 0) is 12.5 Å². The van der Waals surface area contributed by atoms with E-state index in [2.05, 4.69) is 5.32 Å². The van der Waals surface area contributed by atoms with Crippen molar-refractivity contribution in [2.75, 3.05) is 0 Å². The molecule has 4 heteroatoms. The lowest BCUT2D eigenvalue weighted by Crippen LogP contribution is -2.48. The molecular weight excluding hydrogens is 194 g/mol. The van der Waals surface area contributed by atoms with Gasteiger partial charge in [0.25, 0.3) is 0 Å². The monoisotopic (exact) mass is 207 g/mol. The Balaban J connectivity index is 3.13. The van der Waals surface area contributed by atoms with E-state index in [0.29, 0.717) is 5.56 Å². The molecule has 1 unspecified atom stereocenters. The van der Waals surface area contributed by atoms with Gasteiger partial charge in [0.1, 0.15) is 0 Å².